The second-order valence-corrected chi connectivity index (χ2v) is 5.49. The van der Waals surface area contributed by atoms with Gasteiger partial charge in [-0.15, -0.1) is 0 Å². The first-order chi connectivity index (χ1) is 8.56. The molecule has 0 unspecified atom stereocenters. The Morgan fingerprint density at radius 3 is 2.61 bits per heavy atom. The number of hydrogen-bond donors (Lipinski definition) is 2. The maximum Gasteiger partial charge on any atom is 0.227 e. The molecule has 1 aliphatic carbocycles. The van der Waals surface area contributed by atoms with Crippen LogP contribution in [0, 0.1) is 12.8 Å². The summed E-state index contributed by atoms with van der Waals surface area (Å²) in [6.07, 6.45) is 3.60. The first-order valence-electron chi connectivity index (χ1n) is 6.39. The van der Waals surface area contributed by atoms with Gasteiger partial charge < -0.3 is 11.1 Å². The lowest BCUT2D eigenvalue weighted by molar-refractivity contribution is -0.120. The Bertz CT molecular complexity index is 439. The molecule has 1 fully saturated rings. The van der Waals surface area contributed by atoms with E-state index in [1.54, 1.807) is 0 Å². The number of carbonyl (C=O) groups excluding carboxylic acids is 1. The lowest BCUT2D eigenvalue weighted by atomic mass is 9.86. The molecule has 0 aliphatic heterocycles. The summed E-state index contributed by atoms with van der Waals surface area (Å²) in [4.78, 5) is 12.1. The summed E-state index contributed by atoms with van der Waals surface area (Å²) in [5.41, 5.74) is 7.62. The SMILES string of the molecule is Cc1ccc(NC(=O)C2CCC(N)CC2)c(Cl)c1. The molecule has 98 valence electrons. The van der Waals surface area contributed by atoms with Crippen molar-refractivity contribution in [1.82, 2.24) is 0 Å². The van der Waals surface area contributed by atoms with Gasteiger partial charge in [0, 0.05) is 12.0 Å². The van der Waals surface area contributed by atoms with Crippen molar-refractivity contribution in [2.24, 2.45) is 11.7 Å². The monoisotopic (exact) mass is 266 g/mol. The minimum Gasteiger partial charge on any atom is -0.328 e. The Morgan fingerprint density at radius 2 is 2.00 bits per heavy atom. The van der Waals surface area contributed by atoms with Crippen LogP contribution in [0.4, 0.5) is 5.69 Å². The van der Waals surface area contributed by atoms with Crippen LogP contribution in [0.2, 0.25) is 5.02 Å². The summed E-state index contributed by atoms with van der Waals surface area (Å²) < 4.78 is 0. The fourth-order valence-corrected chi connectivity index (χ4v) is 2.62. The molecule has 3 N–H and O–H groups in total. The van der Waals surface area contributed by atoms with Gasteiger partial charge in [-0.3, -0.25) is 4.79 Å². The highest BCUT2D eigenvalue weighted by atomic mass is 35.5. The first kappa shape index (κ1) is 13.4. The molecular weight excluding hydrogens is 248 g/mol. The molecule has 0 atom stereocenters. The van der Waals surface area contributed by atoms with Crippen LogP contribution in [0.25, 0.3) is 0 Å². The number of hydrogen-bond acceptors (Lipinski definition) is 2. The number of halogens is 1. The number of benzene rings is 1. The second-order valence-electron chi connectivity index (χ2n) is 5.08. The molecule has 1 saturated carbocycles. The molecule has 1 aliphatic rings. The molecule has 4 heteroatoms. The van der Waals surface area contributed by atoms with Gasteiger partial charge in [-0.25, -0.2) is 0 Å². The third-order valence-electron chi connectivity index (χ3n) is 3.53. The summed E-state index contributed by atoms with van der Waals surface area (Å²) in [5.74, 6) is 0.134. The van der Waals surface area contributed by atoms with Crippen molar-refractivity contribution in [1.29, 1.82) is 0 Å². The van der Waals surface area contributed by atoms with Gasteiger partial charge >= 0.3 is 0 Å². The minimum absolute atomic E-state index is 0.0626. The van der Waals surface area contributed by atoms with Gasteiger partial charge in [0.05, 0.1) is 10.7 Å². The van der Waals surface area contributed by atoms with E-state index >= 15 is 0 Å². The second kappa shape index (κ2) is 5.72. The van der Waals surface area contributed by atoms with Crippen LogP contribution in [0.1, 0.15) is 31.2 Å². The largest absolute Gasteiger partial charge is 0.328 e. The molecule has 0 spiro atoms. The van der Waals surface area contributed by atoms with E-state index < -0.39 is 0 Å². The lowest BCUT2D eigenvalue weighted by Crippen LogP contribution is -2.32. The van der Waals surface area contributed by atoms with E-state index in [4.69, 9.17) is 17.3 Å². The van der Waals surface area contributed by atoms with E-state index in [1.165, 1.54) is 0 Å². The molecule has 0 bridgehead atoms. The fraction of sp³-hybridized carbons (Fsp3) is 0.500. The molecule has 1 amide bonds. The highest BCUT2D eigenvalue weighted by Crippen LogP contribution is 2.27. The van der Waals surface area contributed by atoms with Crippen LogP contribution in [-0.4, -0.2) is 11.9 Å². The quantitative estimate of drug-likeness (QED) is 0.864. The van der Waals surface area contributed by atoms with Gasteiger partial charge in [0.2, 0.25) is 5.91 Å². The molecule has 1 aromatic carbocycles. The van der Waals surface area contributed by atoms with Crippen LogP contribution in [0.3, 0.4) is 0 Å². The topological polar surface area (TPSA) is 55.1 Å². The molecular formula is C14H19ClN2O. The normalized spacial score (nSPS) is 23.7. The standard InChI is InChI=1S/C14H19ClN2O/c1-9-2-7-13(12(15)8-9)17-14(18)10-3-5-11(16)6-4-10/h2,7-8,10-11H,3-6,16H2,1H3,(H,17,18). The summed E-state index contributed by atoms with van der Waals surface area (Å²) >= 11 is 6.10. The van der Waals surface area contributed by atoms with Gasteiger partial charge in [0.15, 0.2) is 0 Å². The summed E-state index contributed by atoms with van der Waals surface area (Å²) in [5, 5.41) is 3.50. The van der Waals surface area contributed by atoms with E-state index in [2.05, 4.69) is 5.32 Å². The van der Waals surface area contributed by atoms with E-state index in [9.17, 15) is 4.79 Å². The van der Waals surface area contributed by atoms with Crippen molar-refractivity contribution in [2.45, 2.75) is 38.6 Å². The highest BCUT2D eigenvalue weighted by Gasteiger charge is 2.24. The maximum atomic E-state index is 12.1. The van der Waals surface area contributed by atoms with Crippen LogP contribution in [0.5, 0.6) is 0 Å². The van der Waals surface area contributed by atoms with Gasteiger partial charge in [-0.2, -0.15) is 0 Å². The number of aryl methyl sites for hydroxylation is 1. The average Bonchev–Trinajstić information content (AvgIpc) is 2.33. The van der Waals surface area contributed by atoms with Crippen LogP contribution < -0.4 is 11.1 Å². The zero-order chi connectivity index (χ0) is 13.1. The van der Waals surface area contributed by atoms with Crippen molar-refractivity contribution >= 4 is 23.2 Å². The Morgan fingerprint density at radius 1 is 1.33 bits per heavy atom. The van der Waals surface area contributed by atoms with Crippen LogP contribution in [0.15, 0.2) is 18.2 Å². The molecule has 1 aromatic rings. The summed E-state index contributed by atoms with van der Waals surface area (Å²) in [7, 11) is 0. The first-order valence-corrected chi connectivity index (χ1v) is 6.76. The van der Waals surface area contributed by atoms with E-state index in [-0.39, 0.29) is 17.9 Å². The number of amides is 1. The number of carbonyl (C=O) groups is 1. The Balaban J connectivity index is 1.98. The average molecular weight is 267 g/mol. The number of nitrogens with two attached hydrogens (primary N) is 1. The van der Waals surface area contributed by atoms with Crippen molar-refractivity contribution in [3.8, 4) is 0 Å². The Hall–Kier alpha value is -1.06. The smallest absolute Gasteiger partial charge is 0.227 e. The molecule has 0 radical (unpaired) electrons. The summed E-state index contributed by atoms with van der Waals surface area (Å²) in [6, 6.07) is 5.91. The van der Waals surface area contributed by atoms with Crippen molar-refractivity contribution in [3.63, 3.8) is 0 Å². The number of rotatable bonds is 2. The third kappa shape index (κ3) is 3.24. The van der Waals surface area contributed by atoms with Crippen molar-refractivity contribution in [2.75, 3.05) is 5.32 Å². The summed E-state index contributed by atoms with van der Waals surface area (Å²) in [6.45, 7) is 1.97. The predicted molar refractivity (Wildman–Crippen MR) is 74.8 cm³/mol. The number of nitrogens with one attached hydrogen (secondary N) is 1. The van der Waals surface area contributed by atoms with E-state index in [1.807, 2.05) is 25.1 Å². The fourth-order valence-electron chi connectivity index (χ4n) is 2.34. The molecule has 3 nitrogen and oxygen atoms in total. The maximum absolute atomic E-state index is 12.1. The van der Waals surface area contributed by atoms with Gasteiger partial charge in [-0.05, 0) is 50.3 Å². The minimum atomic E-state index is 0.0626. The molecule has 0 heterocycles. The van der Waals surface area contributed by atoms with Crippen molar-refractivity contribution < 1.29 is 4.79 Å². The molecule has 18 heavy (non-hydrogen) atoms. The van der Waals surface area contributed by atoms with Crippen molar-refractivity contribution in [3.05, 3.63) is 28.8 Å². The van der Waals surface area contributed by atoms with E-state index in [0.29, 0.717) is 10.7 Å². The van der Waals surface area contributed by atoms with Gasteiger partial charge in [0.1, 0.15) is 0 Å². The highest BCUT2D eigenvalue weighted by molar-refractivity contribution is 6.33. The zero-order valence-electron chi connectivity index (χ0n) is 10.6. The van der Waals surface area contributed by atoms with Gasteiger partial charge in [0.25, 0.3) is 0 Å². The predicted octanol–water partition coefficient (Wildman–Crippen LogP) is 3.10. The van der Waals surface area contributed by atoms with E-state index in [0.717, 1.165) is 31.2 Å². The van der Waals surface area contributed by atoms with Crippen LogP contribution >= 0.6 is 11.6 Å². The van der Waals surface area contributed by atoms with Gasteiger partial charge in [-0.1, -0.05) is 17.7 Å². The lowest BCUT2D eigenvalue weighted by Gasteiger charge is -2.25. The van der Waals surface area contributed by atoms with Crippen LogP contribution in [-0.2, 0) is 4.79 Å². The Kier molecular flexibility index (Phi) is 4.25. The zero-order valence-corrected chi connectivity index (χ0v) is 11.3. The molecule has 0 aromatic heterocycles. The number of anilines is 1. The Labute approximate surface area is 113 Å². The molecule has 2 rings (SSSR count). The molecule has 0 saturated heterocycles. The third-order valence-corrected chi connectivity index (χ3v) is 3.84.